The zero-order valence-electron chi connectivity index (χ0n) is 9.64. The molecule has 2 N–H and O–H groups in total. The van der Waals surface area contributed by atoms with E-state index in [9.17, 15) is 17.2 Å². The normalized spacial score (nSPS) is 21.4. The van der Waals surface area contributed by atoms with E-state index in [1.54, 1.807) is 0 Å². The summed E-state index contributed by atoms with van der Waals surface area (Å²) in [4.78, 5) is -0.611. The molecule has 1 atom stereocenters. The Kier molecular flexibility index (Phi) is 3.65. The molecular formula is C11H14F2N2O2S. The molecule has 0 unspecified atom stereocenters. The Labute approximate surface area is 104 Å². The molecule has 0 spiro atoms. The van der Waals surface area contributed by atoms with Crippen LogP contribution >= 0.6 is 0 Å². The number of sulfonamides is 1. The van der Waals surface area contributed by atoms with E-state index in [0.717, 1.165) is 16.4 Å². The smallest absolute Gasteiger partial charge is 0.246 e. The number of hydrogen-bond acceptors (Lipinski definition) is 3. The Morgan fingerprint density at radius 2 is 2.11 bits per heavy atom. The fourth-order valence-electron chi connectivity index (χ4n) is 2.02. The molecule has 1 aliphatic heterocycles. The summed E-state index contributed by atoms with van der Waals surface area (Å²) in [7, 11) is -3.97. The molecule has 0 saturated carbocycles. The van der Waals surface area contributed by atoms with E-state index in [1.165, 1.54) is 0 Å². The predicted octanol–water partition coefficient (Wildman–Crippen LogP) is 0.934. The van der Waals surface area contributed by atoms with Crippen molar-refractivity contribution in [3.8, 4) is 0 Å². The minimum atomic E-state index is -3.97. The van der Waals surface area contributed by atoms with Gasteiger partial charge in [0.15, 0.2) is 0 Å². The van der Waals surface area contributed by atoms with Gasteiger partial charge in [-0.05, 0) is 37.1 Å². The van der Waals surface area contributed by atoms with Gasteiger partial charge in [0.25, 0.3) is 0 Å². The number of nitrogens with zero attached hydrogens (tertiary/aromatic N) is 1. The van der Waals surface area contributed by atoms with Crippen molar-refractivity contribution in [2.45, 2.75) is 11.3 Å². The second-order valence-electron chi connectivity index (χ2n) is 4.33. The summed E-state index contributed by atoms with van der Waals surface area (Å²) >= 11 is 0. The van der Waals surface area contributed by atoms with Crippen molar-refractivity contribution in [1.82, 2.24) is 4.31 Å². The van der Waals surface area contributed by atoms with Crippen LogP contribution in [0.5, 0.6) is 0 Å². The first-order valence-electron chi connectivity index (χ1n) is 5.60. The van der Waals surface area contributed by atoms with E-state index in [0.29, 0.717) is 25.6 Å². The Morgan fingerprint density at radius 1 is 1.39 bits per heavy atom. The molecule has 0 amide bonds. The first-order chi connectivity index (χ1) is 8.45. The summed E-state index contributed by atoms with van der Waals surface area (Å²) in [6.07, 6.45) is 0.646. The van der Waals surface area contributed by atoms with E-state index in [1.807, 2.05) is 0 Å². The fourth-order valence-corrected chi connectivity index (χ4v) is 3.63. The molecular weight excluding hydrogens is 262 g/mol. The van der Waals surface area contributed by atoms with Crippen LogP contribution in [0.15, 0.2) is 23.1 Å². The molecule has 100 valence electrons. The standard InChI is InChI=1S/C11H14F2N2O2S/c12-9-1-2-10(13)11(5-9)18(16,17)15-4-3-8(6-14)7-15/h1-2,5,8H,3-4,6-7,14H2/t8-/m1/s1. The van der Waals surface area contributed by atoms with Crippen LogP contribution < -0.4 is 5.73 Å². The van der Waals surface area contributed by atoms with E-state index in [-0.39, 0.29) is 12.5 Å². The van der Waals surface area contributed by atoms with Crippen molar-refractivity contribution in [2.75, 3.05) is 19.6 Å². The summed E-state index contributed by atoms with van der Waals surface area (Å²) in [6, 6.07) is 2.42. The van der Waals surface area contributed by atoms with Crippen molar-refractivity contribution in [3.05, 3.63) is 29.8 Å². The maximum absolute atomic E-state index is 13.5. The minimum absolute atomic E-state index is 0.0800. The lowest BCUT2D eigenvalue weighted by Crippen LogP contribution is -2.30. The largest absolute Gasteiger partial charge is 0.330 e. The average molecular weight is 276 g/mol. The van der Waals surface area contributed by atoms with Crippen molar-refractivity contribution in [3.63, 3.8) is 0 Å². The maximum atomic E-state index is 13.5. The highest BCUT2D eigenvalue weighted by molar-refractivity contribution is 7.89. The van der Waals surface area contributed by atoms with Gasteiger partial charge in [-0.2, -0.15) is 4.31 Å². The molecule has 1 heterocycles. The topological polar surface area (TPSA) is 63.4 Å². The molecule has 18 heavy (non-hydrogen) atoms. The van der Waals surface area contributed by atoms with Crippen LogP contribution in [0.2, 0.25) is 0 Å². The molecule has 0 radical (unpaired) electrons. The molecule has 1 saturated heterocycles. The molecule has 4 nitrogen and oxygen atoms in total. The highest BCUT2D eigenvalue weighted by Gasteiger charge is 2.33. The SMILES string of the molecule is NC[C@H]1CCN(S(=O)(=O)c2cc(F)ccc2F)C1. The molecule has 0 bridgehead atoms. The van der Waals surface area contributed by atoms with Gasteiger partial charge in [-0.15, -0.1) is 0 Å². The maximum Gasteiger partial charge on any atom is 0.246 e. The van der Waals surface area contributed by atoms with Crippen LogP contribution in [-0.4, -0.2) is 32.4 Å². The van der Waals surface area contributed by atoms with Gasteiger partial charge in [0.05, 0.1) is 0 Å². The zero-order chi connectivity index (χ0) is 13.3. The Balaban J connectivity index is 2.34. The molecule has 0 aromatic heterocycles. The summed E-state index contributed by atoms with van der Waals surface area (Å²) < 4.78 is 52.0. The number of nitrogens with two attached hydrogens (primary N) is 1. The molecule has 2 rings (SSSR count). The quantitative estimate of drug-likeness (QED) is 0.893. The average Bonchev–Trinajstić information content (AvgIpc) is 2.81. The van der Waals surface area contributed by atoms with Crippen molar-refractivity contribution in [1.29, 1.82) is 0 Å². The Hall–Kier alpha value is -1.05. The van der Waals surface area contributed by atoms with Gasteiger partial charge < -0.3 is 5.73 Å². The summed E-state index contributed by atoms with van der Waals surface area (Å²) in [5, 5.41) is 0. The van der Waals surface area contributed by atoms with Gasteiger partial charge in [0.1, 0.15) is 16.5 Å². The zero-order valence-corrected chi connectivity index (χ0v) is 10.5. The highest BCUT2D eigenvalue weighted by atomic mass is 32.2. The van der Waals surface area contributed by atoms with Crippen LogP contribution in [0.4, 0.5) is 8.78 Å². The minimum Gasteiger partial charge on any atom is -0.330 e. The number of hydrogen-bond donors (Lipinski definition) is 1. The van der Waals surface area contributed by atoms with Gasteiger partial charge in [-0.3, -0.25) is 0 Å². The van der Waals surface area contributed by atoms with Crippen molar-refractivity contribution >= 4 is 10.0 Å². The Bertz CT molecular complexity index is 548. The molecule has 1 aliphatic rings. The van der Waals surface area contributed by atoms with Crippen LogP contribution in [0.1, 0.15) is 6.42 Å². The van der Waals surface area contributed by atoms with Gasteiger partial charge in [-0.25, -0.2) is 17.2 Å². The molecule has 1 aromatic rings. The van der Waals surface area contributed by atoms with Crippen molar-refractivity contribution in [2.24, 2.45) is 11.7 Å². The molecule has 1 aromatic carbocycles. The van der Waals surface area contributed by atoms with E-state index in [2.05, 4.69) is 0 Å². The number of halogens is 2. The summed E-state index contributed by atoms with van der Waals surface area (Å²) in [5.41, 5.74) is 5.48. The second kappa shape index (κ2) is 4.91. The van der Waals surface area contributed by atoms with Gasteiger partial charge in [-0.1, -0.05) is 0 Å². The lowest BCUT2D eigenvalue weighted by molar-refractivity contribution is 0.452. The third-order valence-electron chi connectivity index (χ3n) is 3.09. The monoisotopic (exact) mass is 276 g/mol. The Morgan fingerprint density at radius 3 is 2.72 bits per heavy atom. The van der Waals surface area contributed by atoms with Crippen molar-refractivity contribution < 1.29 is 17.2 Å². The molecule has 0 aliphatic carbocycles. The van der Waals surface area contributed by atoms with Gasteiger partial charge >= 0.3 is 0 Å². The second-order valence-corrected chi connectivity index (χ2v) is 6.23. The number of benzene rings is 1. The van der Waals surface area contributed by atoms with Crippen LogP contribution in [0.3, 0.4) is 0 Å². The van der Waals surface area contributed by atoms with E-state index in [4.69, 9.17) is 5.73 Å². The first-order valence-corrected chi connectivity index (χ1v) is 7.04. The lowest BCUT2D eigenvalue weighted by atomic mass is 10.1. The van der Waals surface area contributed by atoms with E-state index >= 15 is 0 Å². The van der Waals surface area contributed by atoms with Crippen LogP contribution in [0, 0.1) is 17.6 Å². The van der Waals surface area contributed by atoms with Gasteiger partial charge in [0, 0.05) is 13.1 Å². The first kappa shape index (κ1) is 13.4. The van der Waals surface area contributed by atoms with Crippen LogP contribution in [-0.2, 0) is 10.0 Å². The third-order valence-corrected chi connectivity index (χ3v) is 4.97. The lowest BCUT2D eigenvalue weighted by Gasteiger charge is -2.16. The third kappa shape index (κ3) is 2.38. The molecule has 1 fully saturated rings. The van der Waals surface area contributed by atoms with Crippen LogP contribution in [0.25, 0.3) is 0 Å². The fraction of sp³-hybridized carbons (Fsp3) is 0.455. The van der Waals surface area contributed by atoms with E-state index < -0.39 is 26.6 Å². The number of rotatable bonds is 3. The van der Waals surface area contributed by atoms with Gasteiger partial charge in [0.2, 0.25) is 10.0 Å². The highest BCUT2D eigenvalue weighted by Crippen LogP contribution is 2.25. The predicted molar refractivity (Wildman–Crippen MR) is 62.3 cm³/mol. The summed E-state index contributed by atoms with van der Waals surface area (Å²) in [6.45, 7) is 0.937. The summed E-state index contributed by atoms with van der Waals surface area (Å²) in [5.74, 6) is -1.63. The molecule has 7 heteroatoms.